The van der Waals surface area contributed by atoms with Crippen molar-refractivity contribution >= 4 is 19.3 Å². The number of aryl methyl sites for hydroxylation is 1. The zero-order valence-corrected chi connectivity index (χ0v) is 24.2. The van der Waals surface area contributed by atoms with Gasteiger partial charge < -0.3 is 29.4 Å². The van der Waals surface area contributed by atoms with Crippen molar-refractivity contribution in [3.8, 4) is 5.69 Å². The minimum absolute atomic E-state index is 0. The molecule has 32 heavy (non-hydrogen) atoms. The van der Waals surface area contributed by atoms with Gasteiger partial charge in [-0.25, -0.2) is 0 Å². The average molecular weight is 557 g/mol. The smallest absolute Gasteiger partial charge is 1.00 e. The number of aromatic nitrogens is 1. The molecule has 5 heteroatoms. The first-order valence-electron chi connectivity index (χ1n) is 10.8. The van der Waals surface area contributed by atoms with Gasteiger partial charge in [0.25, 0.3) is 0 Å². The molecule has 7 rings (SSSR count). The van der Waals surface area contributed by atoms with Gasteiger partial charge in [0.05, 0.1) is 8.07 Å². The summed E-state index contributed by atoms with van der Waals surface area (Å²) < 4.78 is 3.19. The van der Waals surface area contributed by atoms with E-state index < -0.39 is 8.07 Å². The van der Waals surface area contributed by atoms with Crippen LogP contribution in [0.4, 0.5) is 0 Å². The second-order valence-electron chi connectivity index (χ2n) is 9.42. The van der Waals surface area contributed by atoms with Gasteiger partial charge in [-0.05, 0) is 42.8 Å². The molecule has 2 bridgehead atoms. The minimum Gasteiger partial charge on any atom is -1.00 e. The van der Waals surface area contributed by atoms with Crippen LogP contribution in [0.25, 0.3) is 17.0 Å². The number of nitrogens with zero attached hydrogens (tertiary/aromatic N) is 1. The molecule has 0 spiro atoms. The Hall–Kier alpha value is -1.12. The van der Waals surface area contributed by atoms with Gasteiger partial charge in [-0.3, -0.25) is 0 Å². The largest absolute Gasteiger partial charge is 1.00 e. The van der Waals surface area contributed by atoms with Crippen molar-refractivity contribution in [2.75, 3.05) is 0 Å². The summed E-state index contributed by atoms with van der Waals surface area (Å²) in [6.07, 6.45) is 2.30. The number of hydrogen-bond donors (Lipinski definition) is 0. The van der Waals surface area contributed by atoms with Crippen molar-refractivity contribution < 1.29 is 49.5 Å². The van der Waals surface area contributed by atoms with E-state index in [1.165, 1.54) is 33.8 Å². The van der Waals surface area contributed by atoms with E-state index >= 15 is 0 Å². The minimum atomic E-state index is -1.19. The summed E-state index contributed by atoms with van der Waals surface area (Å²) in [5, 5.41) is 1.71. The van der Waals surface area contributed by atoms with Gasteiger partial charge in [0.1, 0.15) is 0 Å². The van der Waals surface area contributed by atoms with E-state index in [1.807, 2.05) is 0 Å². The van der Waals surface area contributed by atoms with E-state index in [1.54, 1.807) is 41.1 Å². The molecule has 0 N–H and O–H groups in total. The molecule has 2 aromatic carbocycles. The molecule has 2 atom stereocenters. The zero-order chi connectivity index (χ0) is 21.2. The molecule has 2 aliphatic carbocycles. The summed E-state index contributed by atoms with van der Waals surface area (Å²) in [6.45, 7) is 11.8. The van der Waals surface area contributed by atoms with Crippen LogP contribution in [0.1, 0.15) is 51.1 Å². The van der Waals surface area contributed by atoms with Gasteiger partial charge in [0.2, 0.25) is 0 Å². The molecule has 0 amide bonds. The van der Waals surface area contributed by atoms with E-state index in [9.17, 15) is 0 Å². The normalized spacial score (nSPS) is 20.7. The molecule has 3 heterocycles. The number of fused-ring (bicyclic) bond motifs is 1. The van der Waals surface area contributed by atoms with Gasteiger partial charge in [-0.1, -0.05) is 36.9 Å². The van der Waals surface area contributed by atoms with Crippen LogP contribution in [0.5, 0.6) is 0 Å². The maximum atomic E-state index is 2.52. The number of hydrogen-bond acceptors (Lipinski definition) is 0. The van der Waals surface area contributed by atoms with Crippen LogP contribution in [-0.2, 0) is 24.7 Å². The second kappa shape index (κ2) is 9.26. The second-order valence-corrected chi connectivity index (χ2v) is 15.4. The molecule has 3 aromatic rings. The number of halogens is 2. The predicted molar refractivity (Wildman–Crippen MR) is 126 cm³/mol. The van der Waals surface area contributed by atoms with E-state index in [4.69, 9.17) is 0 Å². The summed E-state index contributed by atoms with van der Waals surface area (Å²) in [6, 6.07) is 21.9. The third kappa shape index (κ3) is 3.70. The Bertz CT molecular complexity index is 1220. The van der Waals surface area contributed by atoms with Crippen molar-refractivity contribution in [3.63, 3.8) is 0 Å². The Morgan fingerprint density at radius 1 is 0.844 bits per heavy atom. The van der Waals surface area contributed by atoms with Gasteiger partial charge in [-0.15, -0.1) is 0 Å². The molecular formula is C27H28Cl2NSiZr. The molecular weight excluding hydrogens is 529 g/mol. The molecule has 0 saturated heterocycles. The number of para-hydroxylation sites is 1. The van der Waals surface area contributed by atoms with Crippen molar-refractivity contribution in [1.29, 1.82) is 0 Å². The fourth-order valence-electron chi connectivity index (χ4n) is 5.90. The van der Waals surface area contributed by atoms with E-state index in [-0.39, 0.29) is 24.8 Å². The first-order valence-corrected chi connectivity index (χ1v) is 15.3. The fraction of sp³-hybridized carbons (Fsp3) is 0.259. The maximum Gasteiger partial charge on any atom is -1.00 e. The molecule has 2 aliphatic heterocycles. The first-order chi connectivity index (χ1) is 14.3. The van der Waals surface area contributed by atoms with Gasteiger partial charge in [-0.2, -0.15) is 0 Å². The molecule has 0 radical (unpaired) electrons. The summed E-state index contributed by atoms with van der Waals surface area (Å²) in [4.78, 5) is 0. The van der Waals surface area contributed by atoms with Crippen molar-refractivity contribution in [1.82, 2.24) is 4.57 Å². The van der Waals surface area contributed by atoms with E-state index in [0.29, 0.717) is 0 Å². The Morgan fingerprint density at radius 3 is 2.09 bits per heavy atom. The van der Waals surface area contributed by atoms with Crippen LogP contribution < -0.4 is 24.8 Å². The van der Waals surface area contributed by atoms with Crippen LogP contribution >= 0.6 is 0 Å². The first kappa shape index (κ1) is 25.5. The molecule has 1 nitrogen and oxygen atoms in total. The van der Waals surface area contributed by atoms with Gasteiger partial charge in [0.15, 0.2) is 0 Å². The Balaban J connectivity index is 0.000000192. The van der Waals surface area contributed by atoms with E-state index in [0.717, 1.165) is 9.17 Å². The van der Waals surface area contributed by atoms with Crippen molar-refractivity contribution in [2.24, 2.45) is 0 Å². The standard InChI is InChI=1S/C17H19NSi.C10H9.2ClH.Zr/c1-11-10-14-15(17-12(2)16(14)19(17,3)4)18(11)13-8-6-5-7-9-13;1-8-6-9-4-2-3-5-10(9)7-8;;;/h5-10,16H,1-4H3;2-7H,1H3;2*1H;/q;;;;+2/p-2. The van der Waals surface area contributed by atoms with Gasteiger partial charge >= 0.3 is 82.3 Å². The van der Waals surface area contributed by atoms with Crippen LogP contribution in [-0.4, -0.2) is 12.6 Å². The number of allylic oxidation sites excluding steroid dienone is 2. The number of rotatable bonds is 1. The topological polar surface area (TPSA) is 4.93 Å². The third-order valence-electron chi connectivity index (χ3n) is 7.12. The third-order valence-corrected chi connectivity index (χ3v) is 13.1. The van der Waals surface area contributed by atoms with Crippen molar-refractivity contribution in [2.45, 2.75) is 43.0 Å². The Morgan fingerprint density at radius 2 is 1.47 bits per heavy atom. The van der Waals surface area contributed by atoms with Crippen LogP contribution in [0, 0.1) is 6.92 Å². The van der Waals surface area contributed by atoms with Crippen LogP contribution in [0.2, 0.25) is 13.1 Å². The number of benzene rings is 2. The fourth-order valence-corrected chi connectivity index (χ4v) is 11.1. The molecule has 4 aliphatic rings. The molecule has 0 fully saturated rings. The monoisotopic (exact) mass is 554 g/mol. The van der Waals surface area contributed by atoms with Crippen molar-refractivity contribution in [3.05, 3.63) is 99.9 Å². The summed E-state index contributed by atoms with van der Waals surface area (Å²) in [5.74, 6) is 0. The quantitative estimate of drug-likeness (QED) is 0.397. The summed E-state index contributed by atoms with van der Waals surface area (Å²) >= 11 is 1.60. The molecule has 163 valence electrons. The summed E-state index contributed by atoms with van der Waals surface area (Å²) in [5.41, 5.74) is 12.7. The SMILES string of the molecule is CC1=C2c3c(cc(C)n3-c3ccccc3)C1[Si]2(C)C.CC1=Cc2ccccc2[CH]1[Zr+2].[Cl-].[Cl-]. The van der Waals surface area contributed by atoms with Crippen LogP contribution in [0.3, 0.4) is 0 Å². The van der Waals surface area contributed by atoms with Crippen LogP contribution in [0.15, 0.2) is 71.8 Å². The zero-order valence-electron chi connectivity index (χ0n) is 19.2. The maximum absolute atomic E-state index is 2.52. The Labute approximate surface area is 220 Å². The molecule has 2 unspecified atom stereocenters. The average Bonchev–Trinajstić information content (AvgIpc) is 3.36. The molecule has 1 aromatic heterocycles. The van der Waals surface area contributed by atoms with E-state index in [2.05, 4.69) is 105 Å². The Kier molecular flexibility index (Phi) is 7.38. The molecule has 0 saturated carbocycles. The van der Waals surface area contributed by atoms with Gasteiger partial charge in [0, 0.05) is 22.6 Å². The predicted octanol–water partition coefficient (Wildman–Crippen LogP) is 1.16. The summed E-state index contributed by atoms with van der Waals surface area (Å²) in [7, 11) is -1.19.